The van der Waals surface area contributed by atoms with E-state index < -0.39 is 0 Å². The Morgan fingerprint density at radius 2 is 2.06 bits per heavy atom. The van der Waals surface area contributed by atoms with Crippen molar-refractivity contribution in [2.45, 2.75) is 45.1 Å². The quantitative estimate of drug-likeness (QED) is 0.440. The molecule has 162 valence electrons. The Balaban J connectivity index is 1.35. The van der Waals surface area contributed by atoms with Crippen molar-refractivity contribution < 1.29 is 14.0 Å². The molecule has 0 aromatic carbocycles. The Labute approximate surface area is 184 Å². The number of pyridine rings is 2. The van der Waals surface area contributed by atoms with Gasteiger partial charge in [-0.2, -0.15) is 0 Å². The number of hydrogen-bond acceptors (Lipinski definition) is 6. The number of hydrogen-bond donors (Lipinski definition) is 1. The van der Waals surface area contributed by atoms with Gasteiger partial charge in [0.15, 0.2) is 11.7 Å². The zero-order chi connectivity index (χ0) is 22.2. The monoisotopic (exact) mass is 429 g/mol. The summed E-state index contributed by atoms with van der Waals surface area (Å²) in [6.45, 7) is 4.13. The number of carbonyl (C=O) groups is 2. The molecule has 1 N–H and O–H groups in total. The summed E-state index contributed by atoms with van der Waals surface area (Å²) >= 11 is 0. The van der Waals surface area contributed by atoms with Gasteiger partial charge in [-0.25, -0.2) is 4.98 Å². The van der Waals surface area contributed by atoms with Crippen molar-refractivity contribution in [3.63, 3.8) is 0 Å². The van der Waals surface area contributed by atoms with Crippen molar-refractivity contribution in [3.8, 4) is 0 Å². The number of ketones is 1. The van der Waals surface area contributed by atoms with E-state index in [-0.39, 0.29) is 24.2 Å². The summed E-state index contributed by atoms with van der Waals surface area (Å²) in [5, 5.41) is 3.59. The van der Waals surface area contributed by atoms with Gasteiger partial charge in [-0.05, 0) is 38.8 Å². The molecular formula is C24H23N5O3. The van der Waals surface area contributed by atoms with Crippen LogP contribution in [0.15, 0.2) is 53.8 Å². The fourth-order valence-electron chi connectivity index (χ4n) is 3.79. The first-order valence-corrected chi connectivity index (χ1v) is 10.7. The Morgan fingerprint density at radius 1 is 1.22 bits per heavy atom. The minimum absolute atomic E-state index is 0.0991. The first kappa shape index (κ1) is 20.1. The van der Waals surface area contributed by atoms with E-state index in [1.165, 1.54) is 18.7 Å². The average Bonchev–Trinajstić information content (AvgIpc) is 3.40. The molecule has 1 aliphatic carbocycles. The van der Waals surface area contributed by atoms with Crippen LogP contribution in [-0.4, -0.2) is 31.2 Å². The summed E-state index contributed by atoms with van der Waals surface area (Å²) in [6, 6.07) is 3.74. The molecule has 32 heavy (non-hydrogen) atoms. The van der Waals surface area contributed by atoms with E-state index in [9.17, 15) is 9.59 Å². The molecule has 0 bridgehead atoms. The van der Waals surface area contributed by atoms with Gasteiger partial charge in [0.1, 0.15) is 6.26 Å². The van der Waals surface area contributed by atoms with Gasteiger partial charge in [0.05, 0.1) is 29.5 Å². The van der Waals surface area contributed by atoms with Gasteiger partial charge in [0.2, 0.25) is 5.91 Å². The van der Waals surface area contributed by atoms with Crippen LogP contribution < -0.4 is 5.32 Å². The maximum atomic E-state index is 13.3. The number of fused-ring (bicyclic) bond motifs is 1. The molecule has 1 fully saturated rings. The van der Waals surface area contributed by atoms with Gasteiger partial charge in [0, 0.05) is 53.3 Å². The predicted octanol–water partition coefficient (Wildman–Crippen LogP) is 4.29. The fraction of sp³-hybridized carbons (Fsp3) is 0.292. The Morgan fingerprint density at radius 3 is 2.84 bits per heavy atom. The minimum Gasteiger partial charge on any atom is -0.448 e. The molecule has 5 rings (SSSR count). The van der Waals surface area contributed by atoms with E-state index in [2.05, 4.69) is 38.7 Å². The lowest BCUT2D eigenvalue weighted by atomic mass is 10.0. The molecule has 4 aromatic heterocycles. The largest absolute Gasteiger partial charge is 0.448 e. The molecule has 0 radical (unpaired) electrons. The smallest absolute Gasteiger partial charge is 0.230 e. The highest BCUT2D eigenvalue weighted by atomic mass is 16.3. The molecule has 8 nitrogen and oxygen atoms in total. The van der Waals surface area contributed by atoms with Gasteiger partial charge in [0.25, 0.3) is 0 Å². The van der Waals surface area contributed by atoms with Crippen LogP contribution in [-0.2, 0) is 11.2 Å². The van der Waals surface area contributed by atoms with Crippen molar-refractivity contribution in [1.29, 1.82) is 0 Å². The highest BCUT2D eigenvalue weighted by Crippen LogP contribution is 2.39. The van der Waals surface area contributed by atoms with Crippen LogP contribution in [0.1, 0.15) is 66.2 Å². The molecule has 0 saturated heterocycles. The second kappa shape index (κ2) is 8.03. The SMILES string of the molecule is CC(C)n1cc(C(=O)c2cncc(NC(=O)Cc3coc(C4CC4)n3)c2)c2cnccc21. The molecule has 0 unspecified atom stereocenters. The van der Waals surface area contributed by atoms with Gasteiger partial charge in [-0.3, -0.25) is 19.6 Å². The molecular weight excluding hydrogens is 406 g/mol. The topological polar surface area (TPSA) is 103 Å². The summed E-state index contributed by atoms with van der Waals surface area (Å²) in [5.74, 6) is 0.692. The molecule has 1 amide bonds. The van der Waals surface area contributed by atoms with Crippen molar-refractivity contribution in [3.05, 3.63) is 72.1 Å². The molecule has 4 aromatic rings. The van der Waals surface area contributed by atoms with Crippen molar-refractivity contribution in [1.82, 2.24) is 19.5 Å². The maximum Gasteiger partial charge on any atom is 0.230 e. The standard InChI is InChI=1S/C24H23N5O3/c1-14(2)29-12-20(19-11-25-6-5-21(19)29)23(31)16-7-17(10-26-9-16)27-22(30)8-18-13-32-24(28-18)15-3-4-15/h5-7,9-15H,3-4,8H2,1-2H3,(H,27,30). The summed E-state index contributed by atoms with van der Waals surface area (Å²) in [4.78, 5) is 38.5. The van der Waals surface area contributed by atoms with Crippen LogP contribution in [0, 0.1) is 0 Å². The van der Waals surface area contributed by atoms with Crippen LogP contribution in [0.2, 0.25) is 0 Å². The second-order valence-corrected chi connectivity index (χ2v) is 8.40. The fourth-order valence-corrected chi connectivity index (χ4v) is 3.79. The third-order valence-electron chi connectivity index (χ3n) is 5.56. The molecule has 0 spiro atoms. The van der Waals surface area contributed by atoms with Gasteiger partial charge >= 0.3 is 0 Å². The molecule has 0 aliphatic heterocycles. The van der Waals surface area contributed by atoms with E-state index >= 15 is 0 Å². The van der Waals surface area contributed by atoms with E-state index in [0.717, 1.165) is 23.7 Å². The van der Waals surface area contributed by atoms with Gasteiger partial charge < -0.3 is 14.3 Å². The summed E-state index contributed by atoms with van der Waals surface area (Å²) < 4.78 is 7.49. The van der Waals surface area contributed by atoms with Gasteiger partial charge in [-0.1, -0.05) is 0 Å². The van der Waals surface area contributed by atoms with Crippen molar-refractivity contribution in [2.75, 3.05) is 5.32 Å². The number of nitrogens with one attached hydrogen (secondary N) is 1. The normalized spacial score (nSPS) is 13.6. The number of nitrogens with zero attached hydrogens (tertiary/aromatic N) is 4. The number of aromatic nitrogens is 4. The van der Waals surface area contributed by atoms with Crippen LogP contribution in [0.3, 0.4) is 0 Å². The highest BCUT2D eigenvalue weighted by molar-refractivity contribution is 6.16. The number of amides is 1. The Hall–Kier alpha value is -3.81. The summed E-state index contributed by atoms with van der Waals surface area (Å²) in [5.41, 5.74) is 2.96. The summed E-state index contributed by atoms with van der Waals surface area (Å²) in [7, 11) is 0. The number of oxazole rings is 1. The molecule has 1 saturated carbocycles. The lowest BCUT2D eigenvalue weighted by molar-refractivity contribution is -0.115. The number of rotatable bonds is 7. The van der Waals surface area contributed by atoms with Gasteiger partial charge in [-0.15, -0.1) is 0 Å². The van der Waals surface area contributed by atoms with E-state index in [0.29, 0.717) is 34.3 Å². The van der Waals surface area contributed by atoms with Crippen LogP contribution in [0.25, 0.3) is 10.9 Å². The first-order chi connectivity index (χ1) is 15.5. The van der Waals surface area contributed by atoms with Crippen LogP contribution >= 0.6 is 0 Å². The Bertz CT molecular complexity index is 1320. The lowest BCUT2D eigenvalue weighted by Gasteiger charge is -2.08. The van der Waals surface area contributed by atoms with E-state index in [1.54, 1.807) is 18.5 Å². The second-order valence-electron chi connectivity index (χ2n) is 8.40. The molecule has 4 heterocycles. The molecule has 0 atom stereocenters. The third-order valence-corrected chi connectivity index (χ3v) is 5.56. The summed E-state index contributed by atoms with van der Waals surface area (Å²) in [6.07, 6.45) is 12.1. The predicted molar refractivity (Wildman–Crippen MR) is 119 cm³/mol. The van der Waals surface area contributed by atoms with Crippen LogP contribution in [0.5, 0.6) is 0 Å². The number of anilines is 1. The highest BCUT2D eigenvalue weighted by Gasteiger charge is 2.28. The first-order valence-electron chi connectivity index (χ1n) is 10.7. The molecule has 1 aliphatic rings. The van der Waals surface area contributed by atoms with E-state index in [1.807, 2.05) is 12.3 Å². The van der Waals surface area contributed by atoms with Crippen LogP contribution in [0.4, 0.5) is 5.69 Å². The third kappa shape index (κ3) is 3.91. The zero-order valence-electron chi connectivity index (χ0n) is 17.9. The lowest BCUT2D eigenvalue weighted by Crippen LogP contribution is -2.15. The maximum absolute atomic E-state index is 13.3. The van der Waals surface area contributed by atoms with Crippen molar-refractivity contribution in [2.24, 2.45) is 0 Å². The minimum atomic E-state index is -0.243. The number of carbonyl (C=O) groups excluding carboxylic acids is 2. The van der Waals surface area contributed by atoms with Crippen molar-refractivity contribution >= 4 is 28.3 Å². The van der Waals surface area contributed by atoms with E-state index in [4.69, 9.17) is 4.42 Å². The Kier molecular flexibility index (Phi) is 5.05. The zero-order valence-corrected chi connectivity index (χ0v) is 17.9. The molecule has 8 heteroatoms. The average molecular weight is 429 g/mol.